The van der Waals surface area contributed by atoms with E-state index < -0.39 is 5.60 Å². The summed E-state index contributed by atoms with van der Waals surface area (Å²) in [6, 6.07) is 0. The third-order valence-corrected chi connectivity index (χ3v) is 5.95. The van der Waals surface area contributed by atoms with Gasteiger partial charge in [0.2, 0.25) is 0 Å². The van der Waals surface area contributed by atoms with Gasteiger partial charge in [0, 0.05) is 38.8 Å². The highest BCUT2D eigenvalue weighted by Gasteiger charge is 2.29. The molecule has 0 bridgehead atoms. The molecule has 29 heavy (non-hydrogen) atoms. The first-order valence-corrected chi connectivity index (χ1v) is 11.3. The van der Waals surface area contributed by atoms with E-state index in [1.165, 1.54) is 32.4 Å². The number of nitrogens with one attached hydrogen (secondary N) is 2. The molecular formula is C22H43N5O2. The Morgan fingerprint density at radius 3 is 2.17 bits per heavy atom. The predicted molar refractivity (Wildman–Crippen MR) is 119 cm³/mol. The minimum Gasteiger partial charge on any atom is -0.444 e. The maximum Gasteiger partial charge on any atom is 0.410 e. The summed E-state index contributed by atoms with van der Waals surface area (Å²) in [5, 5.41) is 6.99. The third kappa shape index (κ3) is 8.03. The van der Waals surface area contributed by atoms with E-state index in [0.717, 1.165) is 45.0 Å². The highest BCUT2D eigenvalue weighted by Crippen LogP contribution is 2.20. The fourth-order valence-corrected chi connectivity index (χ4v) is 4.02. The smallest absolute Gasteiger partial charge is 0.410 e. The Bertz CT molecular complexity index is 542. The van der Waals surface area contributed by atoms with Crippen LogP contribution in [0.25, 0.3) is 0 Å². The molecule has 0 aromatic rings. The van der Waals surface area contributed by atoms with E-state index in [1.807, 2.05) is 32.7 Å². The Morgan fingerprint density at radius 2 is 1.62 bits per heavy atom. The molecule has 0 aromatic carbocycles. The van der Waals surface area contributed by atoms with Crippen LogP contribution >= 0.6 is 0 Å². The second kappa shape index (κ2) is 10.5. The van der Waals surface area contributed by atoms with Crippen molar-refractivity contribution in [2.45, 2.75) is 77.9 Å². The van der Waals surface area contributed by atoms with Crippen molar-refractivity contribution in [1.82, 2.24) is 20.4 Å². The molecule has 2 N–H and O–H groups in total. The number of piperidine rings is 2. The normalized spacial score (nSPS) is 20.5. The Kier molecular flexibility index (Phi) is 8.61. The minimum absolute atomic E-state index is 0.122. The molecule has 168 valence electrons. The molecule has 2 aliphatic rings. The summed E-state index contributed by atoms with van der Waals surface area (Å²) in [5.74, 6) is 1.41. The van der Waals surface area contributed by atoms with E-state index in [4.69, 9.17) is 4.74 Å². The Labute approximate surface area is 177 Å². The van der Waals surface area contributed by atoms with Crippen LogP contribution in [-0.4, -0.2) is 79.3 Å². The maximum absolute atomic E-state index is 12.2. The van der Waals surface area contributed by atoms with Crippen molar-refractivity contribution in [2.75, 3.05) is 46.3 Å². The summed E-state index contributed by atoms with van der Waals surface area (Å²) in [5.41, 5.74) is -0.313. The summed E-state index contributed by atoms with van der Waals surface area (Å²) in [6.07, 6.45) is 5.75. The van der Waals surface area contributed by atoms with Gasteiger partial charge in [0.05, 0.1) is 0 Å². The van der Waals surface area contributed by atoms with Crippen LogP contribution in [0.5, 0.6) is 0 Å². The molecule has 1 amide bonds. The number of likely N-dealkylation sites (tertiary alicyclic amines) is 2. The van der Waals surface area contributed by atoms with Crippen LogP contribution in [-0.2, 0) is 4.74 Å². The number of hydrogen-bond donors (Lipinski definition) is 2. The second-order valence-electron chi connectivity index (χ2n) is 10.1. The molecule has 0 saturated carbocycles. The predicted octanol–water partition coefficient (Wildman–Crippen LogP) is 3.06. The van der Waals surface area contributed by atoms with Crippen molar-refractivity contribution in [3.05, 3.63) is 0 Å². The van der Waals surface area contributed by atoms with Crippen molar-refractivity contribution < 1.29 is 9.53 Å². The van der Waals surface area contributed by atoms with Gasteiger partial charge >= 0.3 is 6.09 Å². The topological polar surface area (TPSA) is 69.2 Å². The van der Waals surface area contributed by atoms with Gasteiger partial charge in [0.1, 0.15) is 5.60 Å². The van der Waals surface area contributed by atoms with Gasteiger partial charge in [0.25, 0.3) is 0 Å². The Balaban J connectivity index is 1.70. The maximum atomic E-state index is 12.2. The summed E-state index contributed by atoms with van der Waals surface area (Å²) in [6.45, 7) is 16.0. The minimum atomic E-state index is -0.435. The standard InChI is InChI=1S/C22H43N5O2/c1-21(2,3)29-20(28)26-14-10-18(11-15-26)16-24-19(23-6)25-17-22(4,5)27-12-8-7-9-13-27/h18H,7-17H2,1-6H3,(H2,23,24,25). The molecule has 2 saturated heterocycles. The number of nitrogens with zero attached hydrogens (tertiary/aromatic N) is 3. The van der Waals surface area contributed by atoms with Crippen molar-refractivity contribution in [1.29, 1.82) is 0 Å². The molecule has 0 spiro atoms. The molecule has 0 aliphatic carbocycles. The van der Waals surface area contributed by atoms with Gasteiger partial charge in [-0.05, 0) is 79.3 Å². The third-order valence-electron chi connectivity index (χ3n) is 5.95. The lowest BCUT2D eigenvalue weighted by Gasteiger charge is -2.41. The highest BCUT2D eigenvalue weighted by molar-refractivity contribution is 5.79. The number of aliphatic imine (C=N–C) groups is 1. The van der Waals surface area contributed by atoms with Crippen molar-refractivity contribution in [3.63, 3.8) is 0 Å². The van der Waals surface area contributed by atoms with Gasteiger partial charge in [0.15, 0.2) is 5.96 Å². The lowest BCUT2D eigenvalue weighted by molar-refractivity contribution is 0.0185. The van der Waals surface area contributed by atoms with Crippen LogP contribution in [0.2, 0.25) is 0 Å². The number of guanidine groups is 1. The van der Waals surface area contributed by atoms with Crippen LogP contribution in [0, 0.1) is 5.92 Å². The number of amides is 1. The van der Waals surface area contributed by atoms with Gasteiger partial charge in [-0.15, -0.1) is 0 Å². The molecule has 0 radical (unpaired) electrons. The van der Waals surface area contributed by atoms with E-state index in [0.29, 0.717) is 5.92 Å². The Morgan fingerprint density at radius 1 is 1.00 bits per heavy atom. The molecule has 7 heteroatoms. The van der Waals surface area contributed by atoms with Crippen LogP contribution in [0.1, 0.15) is 66.7 Å². The molecule has 7 nitrogen and oxygen atoms in total. The second-order valence-corrected chi connectivity index (χ2v) is 10.1. The SMILES string of the molecule is CN=C(NCC1CCN(C(=O)OC(C)(C)C)CC1)NCC(C)(C)N1CCCCC1. The first-order valence-electron chi connectivity index (χ1n) is 11.3. The first-order chi connectivity index (χ1) is 13.6. The van der Waals surface area contributed by atoms with Gasteiger partial charge in [-0.1, -0.05) is 6.42 Å². The lowest BCUT2D eigenvalue weighted by atomic mass is 9.97. The fraction of sp³-hybridized carbons (Fsp3) is 0.909. The molecule has 2 rings (SSSR count). The van der Waals surface area contributed by atoms with E-state index in [1.54, 1.807) is 0 Å². The lowest BCUT2D eigenvalue weighted by Crippen LogP contribution is -2.55. The average molecular weight is 410 g/mol. The summed E-state index contributed by atoms with van der Waals surface area (Å²) >= 11 is 0. The van der Waals surface area contributed by atoms with Gasteiger partial charge in [-0.3, -0.25) is 9.89 Å². The number of rotatable bonds is 5. The summed E-state index contributed by atoms with van der Waals surface area (Å²) in [7, 11) is 1.83. The monoisotopic (exact) mass is 409 g/mol. The van der Waals surface area contributed by atoms with Crippen molar-refractivity contribution in [3.8, 4) is 0 Å². The summed E-state index contributed by atoms with van der Waals surface area (Å²) < 4.78 is 5.48. The molecular weight excluding hydrogens is 366 g/mol. The zero-order valence-electron chi connectivity index (χ0n) is 19.5. The number of hydrogen-bond acceptors (Lipinski definition) is 4. The summed E-state index contributed by atoms with van der Waals surface area (Å²) in [4.78, 5) is 21.0. The molecule has 0 atom stereocenters. The van der Waals surface area contributed by atoms with E-state index in [2.05, 4.69) is 34.4 Å². The van der Waals surface area contributed by atoms with Gasteiger partial charge in [-0.25, -0.2) is 4.79 Å². The number of ether oxygens (including phenoxy) is 1. The Hall–Kier alpha value is -1.50. The van der Waals surface area contributed by atoms with E-state index in [-0.39, 0.29) is 11.6 Å². The van der Waals surface area contributed by atoms with E-state index >= 15 is 0 Å². The largest absolute Gasteiger partial charge is 0.444 e. The molecule has 0 unspecified atom stereocenters. The van der Waals surface area contributed by atoms with Crippen molar-refractivity contribution >= 4 is 12.1 Å². The van der Waals surface area contributed by atoms with Crippen LogP contribution < -0.4 is 10.6 Å². The quantitative estimate of drug-likeness (QED) is 0.539. The van der Waals surface area contributed by atoms with Crippen LogP contribution in [0.3, 0.4) is 0 Å². The molecule has 0 aromatic heterocycles. The van der Waals surface area contributed by atoms with Gasteiger partial charge in [-0.2, -0.15) is 0 Å². The zero-order valence-corrected chi connectivity index (χ0v) is 19.5. The number of carbonyl (C=O) groups is 1. The van der Waals surface area contributed by atoms with Gasteiger partial charge < -0.3 is 20.3 Å². The van der Waals surface area contributed by atoms with Crippen molar-refractivity contribution in [2.24, 2.45) is 10.9 Å². The van der Waals surface area contributed by atoms with Crippen LogP contribution in [0.15, 0.2) is 4.99 Å². The molecule has 2 fully saturated rings. The first kappa shape index (κ1) is 23.8. The highest BCUT2D eigenvalue weighted by atomic mass is 16.6. The molecule has 2 heterocycles. The van der Waals surface area contributed by atoms with Crippen LogP contribution in [0.4, 0.5) is 4.79 Å². The average Bonchev–Trinajstić information content (AvgIpc) is 2.68. The number of carbonyl (C=O) groups excluding carboxylic acids is 1. The molecule has 2 aliphatic heterocycles. The zero-order chi connectivity index (χ0) is 21.5. The fourth-order valence-electron chi connectivity index (χ4n) is 4.02. The van der Waals surface area contributed by atoms with E-state index in [9.17, 15) is 4.79 Å².